The summed E-state index contributed by atoms with van der Waals surface area (Å²) in [7, 11) is -6.00. The monoisotopic (exact) mass is 278 g/mol. The van der Waals surface area contributed by atoms with Crippen molar-refractivity contribution in [3.63, 3.8) is 0 Å². The lowest BCUT2D eigenvalue weighted by atomic mass is 10.2. The highest BCUT2D eigenvalue weighted by atomic mass is 19.5. The van der Waals surface area contributed by atoms with E-state index in [1.165, 1.54) is 0 Å². The molecule has 0 aliphatic rings. The van der Waals surface area contributed by atoms with E-state index in [0.717, 1.165) is 6.07 Å². The third kappa shape index (κ3) is 6.67. The molecule has 0 aliphatic carbocycles. The summed E-state index contributed by atoms with van der Waals surface area (Å²) in [5.74, 6) is -1.39. The summed E-state index contributed by atoms with van der Waals surface area (Å²) in [5.41, 5.74) is -1.78. The van der Waals surface area contributed by atoms with Crippen LogP contribution in [0, 0.1) is 11.2 Å². The fourth-order valence-electron chi connectivity index (χ4n) is 0.793. The zero-order valence-corrected chi connectivity index (χ0v) is 8.23. The first-order chi connectivity index (χ1) is 7.95. The summed E-state index contributed by atoms with van der Waals surface area (Å²) in [6.45, 7) is 0. The van der Waals surface area contributed by atoms with Gasteiger partial charge in [-0.2, -0.15) is 13.2 Å². The molecule has 0 N–H and O–H groups in total. The molecule has 1 aromatic carbocycles. The maximum absolute atomic E-state index is 12.6. The molecule has 0 radical (unpaired) electrons. The summed E-state index contributed by atoms with van der Waals surface area (Å²) in [5, 5.41) is 8.15. The van der Waals surface area contributed by atoms with Crippen LogP contribution in [0.5, 0.6) is 0 Å². The van der Waals surface area contributed by atoms with Crippen LogP contribution in [0.3, 0.4) is 0 Å². The lowest BCUT2D eigenvalue weighted by molar-refractivity contribution is -0.139. The highest BCUT2D eigenvalue weighted by Crippen LogP contribution is 2.33. The second-order valence-electron chi connectivity index (χ2n) is 2.76. The van der Waals surface area contributed by atoms with Crippen LogP contribution in [0.2, 0.25) is 0 Å². The molecular formula is C7H3BF8N2. The van der Waals surface area contributed by atoms with E-state index < -0.39 is 24.8 Å². The zero-order valence-electron chi connectivity index (χ0n) is 8.23. The van der Waals surface area contributed by atoms with Crippen molar-refractivity contribution in [2.75, 3.05) is 0 Å². The van der Waals surface area contributed by atoms with Crippen molar-refractivity contribution in [2.24, 2.45) is 0 Å². The molecule has 0 aliphatic heterocycles. The molecule has 0 saturated heterocycles. The zero-order chi connectivity index (χ0) is 14.6. The number of diazo groups is 1. The summed E-state index contributed by atoms with van der Waals surface area (Å²) in [6, 6.07) is 1.96. The third-order valence-corrected chi connectivity index (χ3v) is 1.37. The van der Waals surface area contributed by atoms with Crippen LogP contribution < -0.4 is 0 Å². The minimum atomic E-state index is -6.00. The first kappa shape index (κ1) is 16.1. The standard InChI is InChI=1S/C7H3F4N2.BF4/c8-6-2-1-4(13-12)3-5(6)7(9,10)11;2-1(3,4)5/h1-3H;/q+1;-1. The van der Waals surface area contributed by atoms with Crippen molar-refractivity contribution in [1.29, 1.82) is 5.39 Å². The molecule has 0 heterocycles. The Kier molecular flexibility index (Phi) is 5.07. The van der Waals surface area contributed by atoms with Gasteiger partial charge in [0.25, 0.3) is 0 Å². The second-order valence-corrected chi connectivity index (χ2v) is 2.76. The molecule has 2 nitrogen and oxygen atoms in total. The number of nitrogens with zero attached hydrogens (tertiary/aromatic N) is 2. The van der Waals surface area contributed by atoms with Crippen molar-refractivity contribution in [3.05, 3.63) is 34.6 Å². The van der Waals surface area contributed by atoms with Gasteiger partial charge in [-0.3, -0.25) is 0 Å². The van der Waals surface area contributed by atoms with Gasteiger partial charge >= 0.3 is 19.1 Å². The van der Waals surface area contributed by atoms with Crippen LogP contribution >= 0.6 is 0 Å². The molecule has 0 fully saturated rings. The fourth-order valence-corrected chi connectivity index (χ4v) is 0.793. The molecule has 0 saturated carbocycles. The van der Waals surface area contributed by atoms with E-state index in [-0.39, 0.29) is 5.69 Å². The molecule has 0 unspecified atom stereocenters. The number of rotatable bonds is 0. The Bertz CT molecular complexity index is 440. The van der Waals surface area contributed by atoms with E-state index in [2.05, 4.69) is 4.98 Å². The Labute approximate surface area is 94.9 Å². The lowest BCUT2D eigenvalue weighted by Gasteiger charge is -2.04. The molecule has 1 aromatic rings. The topological polar surface area (TPSA) is 28.1 Å². The highest BCUT2D eigenvalue weighted by molar-refractivity contribution is 6.50. The average molecular weight is 278 g/mol. The Hall–Kier alpha value is -1.86. The quantitative estimate of drug-likeness (QED) is 0.386. The predicted molar refractivity (Wildman–Crippen MR) is 46.3 cm³/mol. The third-order valence-electron chi connectivity index (χ3n) is 1.37. The summed E-state index contributed by atoms with van der Waals surface area (Å²) < 4.78 is 87.6. The minimum absolute atomic E-state index is 0.339. The summed E-state index contributed by atoms with van der Waals surface area (Å²) in [6.07, 6.45) is -4.77. The maximum Gasteiger partial charge on any atom is 0.673 e. The number of hydrogen-bond acceptors (Lipinski definition) is 1. The fraction of sp³-hybridized carbons (Fsp3) is 0.143. The van der Waals surface area contributed by atoms with E-state index in [0.29, 0.717) is 12.1 Å². The van der Waals surface area contributed by atoms with Gasteiger partial charge in [0, 0.05) is 12.1 Å². The van der Waals surface area contributed by atoms with E-state index in [1.807, 2.05) is 0 Å². The van der Waals surface area contributed by atoms with Crippen molar-refractivity contribution in [1.82, 2.24) is 0 Å². The molecule has 18 heavy (non-hydrogen) atoms. The molecular weight excluding hydrogens is 275 g/mol. The molecule has 0 atom stereocenters. The number of benzene rings is 1. The average Bonchev–Trinajstić information content (AvgIpc) is 2.14. The molecule has 100 valence electrons. The van der Waals surface area contributed by atoms with Gasteiger partial charge in [-0.05, 0) is 6.07 Å². The van der Waals surface area contributed by atoms with Gasteiger partial charge in [0.05, 0.1) is 5.56 Å². The second kappa shape index (κ2) is 5.66. The van der Waals surface area contributed by atoms with Crippen LogP contribution in [-0.2, 0) is 6.18 Å². The first-order valence-electron chi connectivity index (χ1n) is 4.04. The number of hydrogen-bond donors (Lipinski definition) is 0. The normalized spacial score (nSPS) is 11.3. The number of alkyl halides is 3. The van der Waals surface area contributed by atoms with E-state index in [1.54, 1.807) is 0 Å². The van der Waals surface area contributed by atoms with Crippen LogP contribution in [0.4, 0.5) is 40.5 Å². The molecule has 1 rings (SSSR count). The minimum Gasteiger partial charge on any atom is -0.418 e. The Morgan fingerprint density at radius 1 is 1.06 bits per heavy atom. The van der Waals surface area contributed by atoms with Gasteiger partial charge in [-0.15, -0.1) is 0 Å². The van der Waals surface area contributed by atoms with E-state index >= 15 is 0 Å². The van der Waals surface area contributed by atoms with Crippen LogP contribution in [0.25, 0.3) is 4.98 Å². The van der Waals surface area contributed by atoms with Gasteiger partial charge in [0.15, 0.2) is 4.98 Å². The predicted octanol–water partition coefficient (Wildman–Crippen LogP) is 4.63. The van der Waals surface area contributed by atoms with Gasteiger partial charge in [-0.25, -0.2) is 4.39 Å². The van der Waals surface area contributed by atoms with Crippen LogP contribution in [0.15, 0.2) is 18.2 Å². The molecule has 11 heteroatoms. The van der Waals surface area contributed by atoms with Crippen molar-refractivity contribution in [3.8, 4) is 0 Å². The van der Waals surface area contributed by atoms with Gasteiger partial charge < -0.3 is 17.3 Å². The van der Waals surface area contributed by atoms with Gasteiger partial charge in [0.2, 0.25) is 5.39 Å². The smallest absolute Gasteiger partial charge is 0.418 e. The SMILES string of the molecule is F[B-](F)(F)F.N#[N+]c1ccc(F)c(C(F)(F)F)c1. The molecule has 0 aromatic heterocycles. The van der Waals surface area contributed by atoms with Gasteiger partial charge in [-0.1, -0.05) is 0 Å². The lowest BCUT2D eigenvalue weighted by Crippen LogP contribution is -2.07. The number of halogens is 8. The first-order valence-corrected chi connectivity index (χ1v) is 4.04. The molecule has 0 bridgehead atoms. The van der Waals surface area contributed by atoms with Crippen LogP contribution in [0.1, 0.15) is 5.56 Å². The molecule has 0 spiro atoms. The Balaban J connectivity index is 0.000000494. The van der Waals surface area contributed by atoms with Crippen LogP contribution in [-0.4, -0.2) is 7.25 Å². The highest BCUT2D eigenvalue weighted by Gasteiger charge is 2.35. The van der Waals surface area contributed by atoms with Crippen molar-refractivity contribution in [2.45, 2.75) is 6.18 Å². The summed E-state index contributed by atoms with van der Waals surface area (Å²) in [4.78, 5) is 2.52. The summed E-state index contributed by atoms with van der Waals surface area (Å²) >= 11 is 0. The van der Waals surface area contributed by atoms with Crippen molar-refractivity contribution < 1.29 is 34.8 Å². The Morgan fingerprint density at radius 2 is 1.50 bits per heavy atom. The largest absolute Gasteiger partial charge is 0.673 e. The van der Waals surface area contributed by atoms with Gasteiger partial charge in [0.1, 0.15) is 5.82 Å². The Morgan fingerprint density at radius 3 is 1.83 bits per heavy atom. The molecule has 0 amide bonds. The van der Waals surface area contributed by atoms with E-state index in [9.17, 15) is 34.8 Å². The maximum atomic E-state index is 12.6. The van der Waals surface area contributed by atoms with Crippen molar-refractivity contribution >= 4 is 12.9 Å². The van der Waals surface area contributed by atoms with E-state index in [4.69, 9.17) is 5.39 Å².